The van der Waals surface area contributed by atoms with Crippen molar-refractivity contribution in [1.29, 1.82) is 0 Å². The monoisotopic (exact) mass is 409 g/mol. The average Bonchev–Trinajstić information content (AvgIpc) is 2.75. The van der Waals surface area contributed by atoms with E-state index in [9.17, 15) is 19.2 Å². The van der Waals surface area contributed by atoms with Crippen molar-refractivity contribution in [2.24, 2.45) is 5.92 Å². The van der Waals surface area contributed by atoms with Gasteiger partial charge in [-0.3, -0.25) is 24.1 Å². The van der Waals surface area contributed by atoms with Gasteiger partial charge < -0.3 is 10.6 Å². The molecule has 0 aromatic heterocycles. The van der Waals surface area contributed by atoms with Crippen molar-refractivity contribution in [2.75, 3.05) is 19.6 Å². The van der Waals surface area contributed by atoms with Crippen molar-refractivity contribution in [3.63, 3.8) is 0 Å². The number of imide groups is 1. The van der Waals surface area contributed by atoms with Crippen LogP contribution in [0.4, 0.5) is 0 Å². The van der Waals surface area contributed by atoms with Crippen LogP contribution in [-0.4, -0.2) is 48.2 Å². The fourth-order valence-corrected chi connectivity index (χ4v) is 2.81. The average molecular weight is 410 g/mol. The number of carbonyl (C=O) groups excluding carboxylic acids is 4. The first-order valence-corrected chi connectivity index (χ1v) is 8.78. The molecule has 134 valence electrons. The van der Waals surface area contributed by atoms with Gasteiger partial charge in [-0.05, 0) is 24.1 Å². The van der Waals surface area contributed by atoms with Crippen LogP contribution in [0.5, 0.6) is 0 Å². The number of benzene rings is 1. The van der Waals surface area contributed by atoms with Gasteiger partial charge in [-0.25, -0.2) is 0 Å². The Morgan fingerprint density at radius 2 is 1.64 bits per heavy atom. The lowest BCUT2D eigenvalue weighted by molar-refractivity contribution is -0.123. The maximum absolute atomic E-state index is 12.3. The van der Waals surface area contributed by atoms with Gasteiger partial charge in [0.2, 0.25) is 11.8 Å². The number of halogens is 1. The van der Waals surface area contributed by atoms with Gasteiger partial charge in [-0.2, -0.15) is 0 Å². The molecular formula is C17H20BrN3O4. The molecule has 0 unspecified atom stereocenters. The molecule has 4 amide bonds. The van der Waals surface area contributed by atoms with E-state index in [4.69, 9.17) is 0 Å². The van der Waals surface area contributed by atoms with Crippen LogP contribution in [0.2, 0.25) is 0 Å². The van der Waals surface area contributed by atoms with Gasteiger partial charge in [0.15, 0.2) is 0 Å². The molecule has 0 radical (unpaired) electrons. The van der Waals surface area contributed by atoms with Crippen molar-refractivity contribution in [3.05, 3.63) is 33.8 Å². The molecular weight excluding hydrogens is 390 g/mol. The topological polar surface area (TPSA) is 95.6 Å². The summed E-state index contributed by atoms with van der Waals surface area (Å²) in [5, 5.41) is 5.28. The Bertz CT molecular complexity index is 718. The SMILES string of the molecule is CC(C)CC(=O)NCCNC(=O)CN1C(=O)c2ccc(Br)cc2C1=O. The Balaban J connectivity index is 1.81. The normalized spacial score (nSPS) is 13.2. The van der Waals surface area contributed by atoms with E-state index in [1.807, 2.05) is 13.8 Å². The van der Waals surface area contributed by atoms with Gasteiger partial charge in [-0.15, -0.1) is 0 Å². The highest BCUT2D eigenvalue weighted by Crippen LogP contribution is 2.25. The molecule has 0 saturated heterocycles. The summed E-state index contributed by atoms with van der Waals surface area (Å²) >= 11 is 3.26. The minimum Gasteiger partial charge on any atom is -0.354 e. The number of hydrogen-bond acceptors (Lipinski definition) is 4. The zero-order valence-electron chi connectivity index (χ0n) is 14.1. The third kappa shape index (κ3) is 4.88. The first-order chi connectivity index (χ1) is 11.8. The molecule has 1 aliphatic heterocycles. The molecule has 25 heavy (non-hydrogen) atoms. The van der Waals surface area contributed by atoms with Crippen LogP contribution in [0.1, 0.15) is 41.0 Å². The number of amides is 4. The van der Waals surface area contributed by atoms with Crippen LogP contribution in [0, 0.1) is 5.92 Å². The summed E-state index contributed by atoms with van der Waals surface area (Å²) < 4.78 is 0.691. The number of hydrogen-bond donors (Lipinski definition) is 2. The highest BCUT2D eigenvalue weighted by molar-refractivity contribution is 9.10. The third-order valence-electron chi connectivity index (χ3n) is 3.60. The fraction of sp³-hybridized carbons (Fsp3) is 0.412. The molecule has 8 heteroatoms. The maximum atomic E-state index is 12.3. The molecule has 0 fully saturated rings. The predicted octanol–water partition coefficient (Wildman–Crippen LogP) is 1.32. The van der Waals surface area contributed by atoms with E-state index in [-0.39, 0.29) is 30.5 Å². The zero-order chi connectivity index (χ0) is 18.6. The largest absolute Gasteiger partial charge is 0.354 e. The molecule has 1 aromatic carbocycles. The summed E-state index contributed by atoms with van der Waals surface area (Å²) in [7, 11) is 0. The Labute approximate surface area is 154 Å². The van der Waals surface area contributed by atoms with Crippen LogP contribution in [0.3, 0.4) is 0 Å². The number of rotatable bonds is 7. The molecule has 7 nitrogen and oxygen atoms in total. The second kappa shape index (κ2) is 8.24. The lowest BCUT2D eigenvalue weighted by Gasteiger charge is -2.14. The number of nitrogens with one attached hydrogen (secondary N) is 2. The second-order valence-electron chi connectivity index (χ2n) is 6.18. The summed E-state index contributed by atoms with van der Waals surface area (Å²) in [6, 6.07) is 4.80. The van der Waals surface area contributed by atoms with Crippen molar-refractivity contribution in [2.45, 2.75) is 20.3 Å². The van der Waals surface area contributed by atoms with E-state index in [0.29, 0.717) is 23.0 Å². The maximum Gasteiger partial charge on any atom is 0.262 e. The van der Waals surface area contributed by atoms with E-state index in [0.717, 1.165) is 4.90 Å². The summed E-state index contributed by atoms with van der Waals surface area (Å²) in [4.78, 5) is 48.9. The predicted molar refractivity (Wildman–Crippen MR) is 95.0 cm³/mol. The molecule has 2 rings (SSSR count). The van der Waals surface area contributed by atoms with Crippen LogP contribution in [0.25, 0.3) is 0 Å². The Morgan fingerprint density at radius 1 is 1.04 bits per heavy atom. The van der Waals surface area contributed by atoms with E-state index >= 15 is 0 Å². The Morgan fingerprint density at radius 3 is 2.28 bits per heavy atom. The second-order valence-corrected chi connectivity index (χ2v) is 7.10. The molecule has 0 spiro atoms. The quantitative estimate of drug-likeness (QED) is 0.524. The van der Waals surface area contributed by atoms with Crippen molar-refractivity contribution < 1.29 is 19.2 Å². The van der Waals surface area contributed by atoms with E-state index in [1.54, 1.807) is 18.2 Å². The fourth-order valence-electron chi connectivity index (χ4n) is 2.45. The molecule has 1 aliphatic rings. The standard InChI is InChI=1S/C17H20BrN3O4/c1-10(2)7-14(22)19-5-6-20-15(23)9-21-16(24)12-4-3-11(18)8-13(12)17(21)25/h3-4,8,10H,5-7,9H2,1-2H3,(H,19,22)(H,20,23). The Kier molecular flexibility index (Phi) is 6.30. The first-order valence-electron chi connectivity index (χ1n) is 7.98. The summed E-state index contributed by atoms with van der Waals surface area (Å²) in [5.41, 5.74) is 0.579. The minimum atomic E-state index is -0.485. The van der Waals surface area contributed by atoms with Crippen LogP contribution >= 0.6 is 15.9 Å². The first kappa shape index (κ1) is 19.1. The van der Waals surface area contributed by atoms with Crippen LogP contribution in [0.15, 0.2) is 22.7 Å². The summed E-state index contributed by atoms with van der Waals surface area (Å²) in [5.74, 6) is -1.22. The van der Waals surface area contributed by atoms with Crippen molar-refractivity contribution >= 4 is 39.6 Å². The van der Waals surface area contributed by atoms with Crippen molar-refractivity contribution in [3.8, 4) is 0 Å². The molecule has 2 N–H and O–H groups in total. The number of carbonyl (C=O) groups is 4. The molecule has 0 aliphatic carbocycles. The van der Waals surface area contributed by atoms with Gasteiger partial charge in [0.05, 0.1) is 11.1 Å². The molecule has 0 saturated carbocycles. The molecule has 1 heterocycles. The van der Waals surface area contributed by atoms with Crippen LogP contribution in [-0.2, 0) is 9.59 Å². The number of nitrogens with zero attached hydrogens (tertiary/aromatic N) is 1. The molecule has 0 bridgehead atoms. The van der Waals surface area contributed by atoms with Gasteiger partial charge in [0, 0.05) is 24.0 Å². The Hall–Kier alpha value is -2.22. The lowest BCUT2D eigenvalue weighted by Crippen LogP contribution is -2.42. The summed E-state index contributed by atoms with van der Waals surface area (Å²) in [6.45, 7) is 4.08. The zero-order valence-corrected chi connectivity index (χ0v) is 15.7. The summed E-state index contributed by atoms with van der Waals surface area (Å²) in [6.07, 6.45) is 0.429. The number of fused-ring (bicyclic) bond motifs is 1. The van der Waals surface area contributed by atoms with Crippen LogP contribution < -0.4 is 10.6 Å². The van der Waals surface area contributed by atoms with E-state index in [1.165, 1.54) is 0 Å². The highest BCUT2D eigenvalue weighted by Gasteiger charge is 2.36. The van der Waals surface area contributed by atoms with Gasteiger partial charge in [0.1, 0.15) is 6.54 Å². The minimum absolute atomic E-state index is 0.0739. The van der Waals surface area contributed by atoms with E-state index < -0.39 is 17.7 Å². The third-order valence-corrected chi connectivity index (χ3v) is 4.09. The molecule has 1 aromatic rings. The molecule has 0 atom stereocenters. The highest BCUT2D eigenvalue weighted by atomic mass is 79.9. The lowest BCUT2D eigenvalue weighted by atomic mass is 10.1. The van der Waals surface area contributed by atoms with Crippen molar-refractivity contribution in [1.82, 2.24) is 15.5 Å². The van der Waals surface area contributed by atoms with E-state index in [2.05, 4.69) is 26.6 Å². The van der Waals surface area contributed by atoms with Gasteiger partial charge in [-0.1, -0.05) is 29.8 Å². The van der Waals surface area contributed by atoms with Gasteiger partial charge >= 0.3 is 0 Å². The van der Waals surface area contributed by atoms with Gasteiger partial charge in [0.25, 0.3) is 11.8 Å². The smallest absolute Gasteiger partial charge is 0.262 e.